The number of rotatable bonds is 12. The fraction of sp³-hybridized carbons (Fsp3) is 0.586. The summed E-state index contributed by atoms with van der Waals surface area (Å²) >= 11 is 0. The Morgan fingerprint density at radius 3 is 2.11 bits per heavy atom. The van der Waals surface area contributed by atoms with E-state index in [2.05, 4.69) is 0 Å². The Balaban J connectivity index is 1.87. The molecule has 0 radical (unpaired) electrons. The summed E-state index contributed by atoms with van der Waals surface area (Å²) in [5, 5.41) is -1.24. The third-order valence-electron chi connectivity index (χ3n) is 8.24. The van der Waals surface area contributed by atoms with Crippen LogP contribution in [0.2, 0.25) is 0 Å². The molecule has 2 aliphatic rings. The average molecular weight is 687 g/mol. The second-order valence-electron chi connectivity index (χ2n) is 11.4. The van der Waals surface area contributed by atoms with Crippen molar-refractivity contribution < 1.29 is 53.1 Å². The number of hydrogen-bond acceptors (Lipinski definition) is 7. The summed E-state index contributed by atoms with van der Waals surface area (Å²) in [6, 6.07) is 4.95. The summed E-state index contributed by atoms with van der Waals surface area (Å²) in [6.45, 7) is 3.16. The van der Waals surface area contributed by atoms with Crippen LogP contribution in [-0.4, -0.2) is 63.3 Å². The standard InChI is InChI=1S/C29H37F6N2O6PS/c1-5-42-44(38,43-6-2)28(13-7-14-28)19-41-25-17-26-24(16-23(25)29(33,34)35)37(21-10-8-20(30)9-11-21)18-22(12-15-27(3,31)32)36(4)45(26,39)40/h8-11,16-17,22H,5-7,12-15,18-19H2,1-4H3/t22-/m1/s1. The van der Waals surface area contributed by atoms with Gasteiger partial charge in [0.2, 0.25) is 15.9 Å². The van der Waals surface area contributed by atoms with Gasteiger partial charge in [-0.15, -0.1) is 0 Å². The lowest BCUT2D eigenvalue weighted by Gasteiger charge is -2.44. The fourth-order valence-electron chi connectivity index (χ4n) is 5.59. The van der Waals surface area contributed by atoms with Crippen LogP contribution in [0.4, 0.5) is 37.7 Å². The van der Waals surface area contributed by atoms with Gasteiger partial charge in [0.25, 0.3) is 0 Å². The van der Waals surface area contributed by atoms with Crippen LogP contribution in [0.3, 0.4) is 0 Å². The van der Waals surface area contributed by atoms with E-state index in [9.17, 15) is 39.3 Å². The zero-order valence-electron chi connectivity index (χ0n) is 25.4. The molecule has 0 unspecified atom stereocenters. The van der Waals surface area contributed by atoms with Gasteiger partial charge in [-0.1, -0.05) is 6.42 Å². The van der Waals surface area contributed by atoms with Gasteiger partial charge in [0, 0.05) is 37.8 Å². The van der Waals surface area contributed by atoms with E-state index in [0.717, 1.165) is 22.5 Å². The number of sulfonamides is 1. The Bertz CT molecular complexity index is 1500. The number of ether oxygens (including phenoxy) is 1. The lowest BCUT2D eigenvalue weighted by molar-refractivity contribution is -0.139. The first kappa shape index (κ1) is 35.5. The highest BCUT2D eigenvalue weighted by atomic mass is 32.2. The van der Waals surface area contributed by atoms with Crippen molar-refractivity contribution in [3.8, 4) is 5.75 Å². The maximum Gasteiger partial charge on any atom is 0.420 e. The third-order valence-corrected chi connectivity index (χ3v) is 13.1. The first-order chi connectivity index (χ1) is 20.9. The maximum atomic E-state index is 14.6. The fourth-order valence-corrected chi connectivity index (χ4v) is 9.54. The molecule has 0 aromatic heterocycles. The predicted molar refractivity (Wildman–Crippen MR) is 156 cm³/mol. The molecular formula is C29H37F6N2O6PS. The molecule has 2 aromatic carbocycles. The van der Waals surface area contributed by atoms with Gasteiger partial charge in [0.15, 0.2) is 0 Å². The Morgan fingerprint density at radius 2 is 1.62 bits per heavy atom. The van der Waals surface area contributed by atoms with Crippen LogP contribution in [-0.2, 0) is 29.8 Å². The van der Waals surface area contributed by atoms with Crippen molar-refractivity contribution in [2.75, 3.05) is 38.3 Å². The van der Waals surface area contributed by atoms with E-state index in [0.29, 0.717) is 32.3 Å². The van der Waals surface area contributed by atoms with Crippen LogP contribution in [0, 0.1) is 5.82 Å². The van der Waals surface area contributed by atoms with Crippen molar-refractivity contribution in [2.45, 2.75) is 81.1 Å². The number of halogens is 6. The van der Waals surface area contributed by atoms with E-state index >= 15 is 0 Å². The lowest BCUT2D eigenvalue weighted by Crippen LogP contribution is -2.44. The molecule has 0 bridgehead atoms. The topological polar surface area (TPSA) is 85.4 Å². The molecule has 2 aromatic rings. The molecule has 16 heteroatoms. The molecule has 8 nitrogen and oxygen atoms in total. The highest BCUT2D eigenvalue weighted by Crippen LogP contribution is 2.67. The molecule has 252 valence electrons. The lowest BCUT2D eigenvalue weighted by atomic mass is 9.85. The molecule has 1 saturated carbocycles. The number of nitrogens with zero attached hydrogens (tertiary/aromatic N) is 2. The van der Waals surface area contributed by atoms with Crippen LogP contribution in [0.25, 0.3) is 0 Å². The Kier molecular flexibility index (Phi) is 10.3. The van der Waals surface area contributed by atoms with Gasteiger partial charge in [0.05, 0.1) is 24.5 Å². The van der Waals surface area contributed by atoms with E-state index < -0.39 is 76.0 Å². The minimum Gasteiger partial charge on any atom is -0.492 e. The third kappa shape index (κ3) is 7.32. The Morgan fingerprint density at radius 1 is 1.02 bits per heavy atom. The van der Waals surface area contributed by atoms with Gasteiger partial charge >= 0.3 is 13.8 Å². The quantitative estimate of drug-likeness (QED) is 0.165. The monoisotopic (exact) mass is 686 g/mol. The van der Waals surface area contributed by atoms with Gasteiger partial charge in [-0.25, -0.2) is 21.6 Å². The van der Waals surface area contributed by atoms with Gasteiger partial charge in [-0.05, 0) is 70.4 Å². The second kappa shape index (κ2) is 13.1. The zero-order valence-corrected chi connectivity index (χ0v) is 27.1. The van der Waals surface area contributed by atoms with Crippen LogP contribution in [0.15, 0.2) is 41.3 Å². The average Bonchev–Trinajstić information content (AvgIpc) is 2.99. The normalized spacial score (nSPS) is 20.3. The number of anilines is 2. The van der Waals surface area contributed by atoms with E-state index in [4.69, 9.17) is 13.8 Å². The highest BCUT2D eigenvalue weighted by Gasteiger charge is 2.56. The first-order valence-electron chi connectivity index (χ1n) is 14.5. The molecule has 0 amide bonds. The summed E-state index contributed by atoms with van der Waals surface area (Å²) in [7, 11) is -7.23. The molecule has 1 aliphatic carbocycles. The molecule has 1 fully saturated rings. The molecule has 0 spiro atoms. The molecule has 1 aliphatic heterocycles. The minimum absolute atomic E-state index is 0.0284. The molecule has 4 rings (SSSR count). The Labute approximate surface area is 259 Å². The van der Waals surface area contributed by atoms with Gasteiger partial charge in [-0.3, -0.25) is 4.57 Å². The summed E-state index contributed by atoms with van der Waals surface area (Å²) in [4.78, 5) is 0.683. The number of alkyl halides is 5. The van der Waals surface area contributed by atoms with Crippen molar-refractivity contribution in [3.63, 3.8) is 0 Å². The molecular weight excluding hydrogens is 649 g/mol. The van der Waals surface area contributed by atoms with Crippen molar-refractivity contribution in [1.82, 2.24) is 4.31 Å². The molecule has 0 N–H and O–H groups in total. The predicted octanol–water partition coefficient (Wildman–Crippen LogP) is 7.99. The Hall–Kier alpha value is -2.32. The number of fused-ring (bicyclic) bond motifs is 1. The van der Waals surface area contributed by atoms with Crippen LogP contribution in [0.5, 0.6) is 5.75 Å². The van der Waals surface area contributed by atoms with Crippen molar-refractivity contribution in [3.05, 3.63) is 47.8 Å². The van der Waals surface area contributed by atoms with Crippen LogP contribution >= 0.6 is 7.60 Å². The largest absolute Gasteiger partial charge is 0.492 e. The first-order valence-corrected chi connectivity index (χ1v) is 17.5. The van der Waals surface area contributed by atoms with Gasteiger partial charge in [-0.2, -0.15) is 17.5 Å². The van der Waals surface area contributed by atoms with Crippen molar-refractivity contribution in [1.29, 1.82) is 0 Å². The maximum absolute atomic E-state index is 14.6. The van der Waals surface area contributed by atoms with E-state index in [1.165, 1.54) is 24.1 Å². The van der Waals surface area contributed by atoms with Crippen LogP contribution in [0.1, 0.15) is 58.4 Å². The van der Waals surface area contributed by atoms with Gasteiger partial charge < -0.3 is 18.7 Å². The molecule has 0 saturated heterocycles. The minimum atomic E-state index is -5.03. The number of likely N-dealkylation sites (N-methyl/N-ethyl adjacent to an activating group) is 1. The van der Waals surface area contributed by atoms with E-state index in [1.807, 2.05) is 0 Å². The summed E-state index contributed by atoms with van der Waals surface area (Å²) in [5.41, 5.74) is -1.53. The molecule has 45 heavy (non-hydrogen) atoms. The second-order valence-corrected chi connectivity index (χ2v) is 15.8. The SMILES string of the molecule is CCOP(=O)(OCC)C1(COc2cc3c(cc2C(F)(F)F)N(c2ccc(F)cc2)C[C@@H](CCC(C)(F)F)N(C)S3(=O)=O)CCC1. The number of benzene rings is 2. The summed E-state index contributed by atoms with van der Waals surface area (Å²) < 4.78 is 144. The number of hydrogen-bond donors (Lipinski definition) is 0. The van der Waals surface area contributed by atoms with Crippen molar-refractivity contribution in [2.24, 2.45) is 0 Å². The molecule has 1 atom stereocenters. The summed E-state index contributed by atoms with van der Waals surface area (Å²) in [5.74, 6) is -4.59. The van der Waals surface area contributed by atoms with E-state index in [-0.39, 0.29) is 37.6 Å². The smallest absolute Gasteiger partial charge is 0.420 e. The van der Waals surface area contributed by atoms with E-state index in [1.54, 1.807) is 13.8 Å². The zero-order chi connectivity index (χ0) is 33.4. The van der Waals surface area contributed by atoms with Gasteiger partial charge in [0.1, 0.15) is 28.2 Å². The summed E-state index contributed by atoms with van der Waals surface area (Å²) in [6.07, 6.45) is -4.84. The van der Waals surface area contributed by atoms with Crippen LogP contribution < -0.4 is 9.64 Å². The highest BCUT2D eigenvalue weighted by molar-refractivity contribution is 7.89. The molecule has 1 heterocycles. The van der Waals surface area contributed by atoms with Crippen molar-refractivity contribution >= 4 is 29.0 Å².